The zero-order chi connectivity index (χ0) is 36.2. The van der Waals surface area contributed by atoms with E-state index in [4.69, 9.17) is 0 Å². The summed E-state index contributed by atoms with van der Waals surface area (Å²) in [6, 6.07) is 73.4. The molecule has 0 N–H and O–H groups in total. The number of nitrogens with zero attached hydrogens (tertiary/aromatic N) is 1. The maximum Gasteiger partial charge on any atom is 0.0543 e. The lowest BCUT2D eigenvalue weighted by Crippen LogP contribution is -2.16. The number of rotatable bonds is 6. The van der Waals surface area contributed by atoms with Crippen LogP contribution in [0, 0.1) is 0 Å². The van der Waals surface area contributed by atoms with Gasteiger partial charge in [-0.05, 0) is 108 Å². The van der Waals surface area contributed by atoms with Crippen LogP contribution < -0.4 is 4.90 Å². The Bertz CT molecular complexity index is 2820. The molecular weight excluding hydrogens is 651 g/mol. The minimum absolute atomic E-state index is 0.0886. The van der Waals surface area contributed by atoms with Gasteiger partial charge in [-0.1, -0.05) is 178 Å². The summed E-state index contributed by atoms with van der Waals surface area (Å²) in [6.45, 7) is 4.70. The highest BCUT2D eigenvalue weighted by Crippen LogP contribution is 2.54. The fourth-order valence-corrected chi connectivity index (χ4v) is 8.64. The molecule has 256 valence electrons. The second-order valence-corrected chi connectivity index (χ2v) is 15.0. The van der Waals surface area contributed by atoms with E-state index >= 15 is 0 Å². The maximum atomic E-state index is 2.44. The third-order valence-corrected chi connectivity index (χ3v) is 11.5. The van der Waals surface area contributed by atoms with Crippen molar-refractivity contribution < 1.29 is 0 Å². The largest absolute Gasteiger partial charge is 0.310 e. The van der Waals surface area contributed by atoms with Crippen molar-refractivity contribution in [1.29, 1.82) is 0 Å². The summed E-state index contributed by atoms with van der Waals surface area (Å²) in [6.07, 6.45) is 0. The summed E-state index contributed by atoms with van der Waals surface area (Å²) in [5.74, 6) is 0. The second-order valence-electron chi connectivity index (χ2n) is 15.0. The number of hydrogen-bond donors (Lipinski definition) is 0. The summed E-state index contributed by atoms with van der Waals surface area (Å²) in [4.78, 5) is 2.44. The molecule has 9 aromatic carbocycles. The van der Waals surface area contributed by atoms with Gasteiger partial charge < -0.3 is 4.90 Å². The van der Waals surface area contributed by atoms with Crippen molar-refractivity contribution in [2.75, 3.05) is 4.90 Å². The molecule has 0 fully saturated rings. The molecule has 1 heteroatoms. The molecule has 54 heavy (non-hydrogen) atoms. The van der Waals surface area contributed by atoms with Gasteiger partial charge in [0.15, 0.2) is 0 Å². The van der Waals surface area contributed by atoms with Crippen LogP contribution in [0.5, 0.6) is 0 Å². The van der Waals surface area contributed by atoms with E-state index in [2.05, 4.69) is 219 Å². The Balaban J connectivity index is 1.05. The van der Waals surface area contributed by atoms with Gasteiger partial charge in [-0.2, -0.15) is 0 Å². The van der Waals surface area contributed by atoms with Crippen molar-refractivity contribution in [2.45, 2.75) is 19.3 Å². The minimum Gasteiger partial charge on any atom is -0.310 e. The highest BCUT2D eigenvalue weighted by atomic mass is 15.1. The SMILES string of the molecule is CC1(C)c2ccccc2-c2c(N(c3ccc(-c4ccc(-c5ccc6ccccc6c5)cc4)cc3)c3ccc(-c4cccc5ccccc45)cc3)cccc21. The molecule has 10 rings (SSSR count). The van der Waals surface area contributed by atoms with Crippen LogP contribution in [0.4, 0.5) is 17.1 Å². The van der Waals surface area contributed by atoms with Crippen molar-refractivity contribution in [1.82, 2.24) is 0 Å². The Kier molecular flexibility index (Phi) is 7.56. The van der Waals surface area contributed by atoms with Crippen molar-refractivity contribution in [3.8, 4) is 44.5 Å². The van der Waals surface area contributed by atoms with Crippen molar-refractivity contribution in [3.05, 3.63) is 211 Å². The Labute approximate surface area is 317 Å². The molecule has 0 saturated carbocycles. The normalized spacial score (nSPS) is 12.8. The van der Waals surface area contributed by atoms with Crippen LogP contribution in [0.2, 0.25) is 0 Å². The van der Waals surface area contributed by atoms with E-state index in [0.29, 0.717) is 0 Å². The van der Waals surface area contributed by atoms with E-state index in [9.17, 15) is 0 Å². The van der Waals surface area contributed by atoms with Gasteiger partial charge in [-0.3, -0.25) is 0 Å². The Morgan fingerprint density at radius 2 is 0.852 bits per heavy atom. The van der Waals surface area contributed by atoms with E-state index in [1.54, 1.807) is 0 Å². The molecule has 1 aliphatic rings. The molecule has 1 nitrogen and oxygen atoms in total. The molecular formula is C53H39N. The van der Waals surface area contributed by atoms with Gasteiger partial charge in [-0.25, -0.2) is 0 Å². The Hall–Kier alpha value is -6.70. The van der Waals surface area contributed by atoms with E-state index in [0.717, 1.165) is 11.4 Å². The zero-order valence-electron chi connectivity index (χ0n) is 30.5. The van der Waals surface area contributed by atoms with E-state index in [1.165, 1.54) is 82.9 Å². The van der Waals surface area contributed by atoms with Crippen LogP contribution in [0.25, 0.3) is 66.1 Å². The molecule has 0 radical (unpaired) electrons. The van der Waals surface area contributed by atoms with Crippen LogP contribution in [0.15, 0.2) is 200 Å². The van der Waals surface area contributed by atoms with Crippen LogP contribution in [0.1, 0.15) is 25.0 Å². The topological polar surface area (TPSA) is 3.24 Å². The third-order valence-electron chi connectivity index (χ3n) is 11.5. The van der Waals surface area contributed by atoms with E-state index in [1.807, 2.05) is 0 Å². The van der Waals surface area contributed by atoms with Gasteiger partial charge in [0.1, 0.15) is 0 Å². The summed E-state index contributed by atoms with van der Waals surface area (Å²) >= 11 is 0. The quantitative estimate of drug-likeness (QED) is 0.168. The summed E-state index contributed by atoms with van der Waals surface area (Å²) < 4.78 is 0. The van der Waals surface area contributed by atoms with Crippen molar-refractivity contribution in [3.63, 3.8) is 0 Å². The monoisotopic (exact) mass is 689 g/mol. The maximum absolute atomic E-state index is 2.44. The average molecular weight is 690 g/mol. The Morgan fingerprint density at radius 3 is 1.59 bits per heavy atom. The highest BCUT2D eigenvalue weighted by Gasteiger charge is 2.37. The van der Waals surface area contributed by atoms with E-state index in [-0.39, 0.29) is 5.41 Å². The van der Waals surface area contributed by atoms with Gasteiger partial charge in [0, 0.05) is 22.4 Å². The molecule has 0 amide bonds. The lowest BCUT2D eigenvalue weighted by molar-refractivity contribution is 0.660. The standard InChI is InChI=1S/C53H39N/c1-53(2)49-18-8-7-16-48(49)52-50(53)19-10-20-51(52)54(45-33-29-41(30-34-45)47-17-9-14-40-12-5-6-15-46(40)47)44-31-27-38(28-32-44)37-21-23-39(24-22-37)43-26-25-36-11-3-4-13-42(36)35-43/h3-35H,1-2H3. The highest BCUT2D eigenvalue weighted by molar-refractivity contribution is 5.98. The fraction of sp³-hybridized carbons (Fsp3) is 0.0566. The molecule has 0 saturated heterocycles. The summed E-state index contributed by atoms with van der Waals surface area (Å²) in [5.41, 5.74) is 16.0. The minimum atomic E-state index is -0.0886. The van der Waals surface area contributed by atoms with Gasteiger partial charge in [-0.15, -0.1) is 0 Å². The zero-order valence-corrected chi connectivity index (χ0v) is 30.5. The average Bonchev–Trinajstić information content (AvgIpc) is 3.47. The smallest absolute Gasteiger partial charge is 0.0543 e. The molecule has 0 atom stereocenters. The molecule has 0 unspecified atom stereocenters. The first-order valence-electron chi connectivity index (χ1n) is 18.8. The molecule has 0 aromatic heterocycles. The number of anilines is 3. The lowest BCUT2D eigenvalue weighted by Gasteiger charge is -2.29. The lowest BCUT2D eigenvalue weighted by atomic mass is 9.82. The number of benzene rings is 9. The summed E-state index contributed by atoms with van der Waals surface area (Å²) in [5, 5.41) is 5.05. The van der Waals surface area contributed by atoms with Gasteiger partial charge >= 0.3 is 0 Å². The van der Waals surface area contributed by atoms with Crippen LogP contribution in [-0.4, -0.2) is 0 Å². The molecule has 9 aromatic rings. The molecule has 0 bridgehead atoms. The number of hydrogen-bond acceptors (Lipinski definition) is 1. The molecule has 0 heterocycles. The van der Waals surface area contributed by atoms with Crippen LogP contribution in [0.3, 0.4) is 0 Å². The third kappa shape index (κ3) is 5.32. The predicted octanol–water partition coefficient (Wildman–Crippen LogP) is 14.8. The fourth-order valence-electron chi connectivity index (χ4n) is 8.64. The summed E-state index contributed by atoms with van der Waals surface area (Å²) in [7, 11) is 0. The first-order chi connectivity index (χ1) is 26.5. The molecule has 0 aliphatic heterocycles. The first kappa shape index (κ1) is 32.0. The van der Waals surface area contributed by atoms with Gasteiger partial charge in [0.25, 0.3) is 0 Å². The first-order valence-corrected chi connectivity index (χ1v) is 18.8. The van der Waals surface area contributed by atoms with Gasteiger partial charge in [0.2, 0.25) is 0 Å². The van der Waals surface area contributed by atoms with Crippen molar-refractivity contribution >= 4 is 38.6 Å². The van der Waals surface area contributed by atoms with Crippen molar-refractivity contribution in [2.24, 2.45) is 0 Å². The number of fused-ring (bicyclic) bond motifs is 5. The Morgan fingerprint density at radius 1 is 0.352 bits per heavy atom. The second kappa shape index (κ2) is 12.8. The predicted molar refractivity (Wildman–Crippen MR) is 230 cm³/mol. The van der Waals surface area contributed by atoms with Crippen LogP contribution in [-0.2, 0) is 5.41 Å². The molecule has 1 aliphatic carbocycles. The van der Waals surface area contributed by atoms with Gasteiger partial charge in [0.05, 0.1) is 5.69 Å². The van der Waals surface area contributed by atoms with E-state index < -0.39 is 0 Å². The van der Waals surface area contributed by atoms with Crippen LogP contribution >= 0.6 is 0 Å². The molecule has 0 spiro atoms.